The van der Waals surface area contributed by atoms with E-state index in [1.807, 2.05) is 31.2 Å². The molecule has 0 aliphatic rings. The van der Waals surface area contributed by atoms with Crippen molar-refractivity contribution in [2.45, 2.75) is 13.5 Å². The summed E-state index contributed by atoms with van der Waals surface area (Å²) in [5, 5.41) is 0. The predicted octanol–water partition coefficient (Wildman–Crippen LogP) is 3.11. The molecule has 0 unspecified atom stereocenters. The molecule has 0 atom stereocenters. The smallest absolute Gasteiger partial charge is 0.255 e. The van der Waals surface area contributed by atoms with E-state index in [9.17, 15) is 4.39 Å². The normalized spacial score (nSPS) is 10.1. The van der Waals surface area contributed by atoms with Gasteiger partial charge in [0.25, 0.3) is 5.95 Å². The maximum absolute atomic E-state index is 13.1. The van der Waals surface area contributed by atoms with Crippen LogP contribution in [0, 0.1) is 12.9 Å². The predicted molar refractivity (Wildman–Crippen MR) is 59.7 cm³/mol. The van der Waals surface area contributed by atoms with Crippen LogP contribution in [0.1, 0.15) is 11.1 Å². The van der Waals surface area contributed by atoms with Crippen LogP contribution in [-0.4, -0.2) is 4.98 Å². The van der Waals surface area contributed by atoms with Crippen LogP contribution in [0.15, 0.2) is 42.6 Å². The van der Waals surface area contributed by atoms with Crippen LogP contribution in [0.25, 0.3) is 0 Å². The molecule has 0 saturated heterocycles. The third kappa shape index (κ3) is 2.57. The monoisotopic (exact) mass is 217 g/mol. The molecule has 0 saturated carbocycles. The molecular formula is C13H12FNO. The summed E-state index contributed by atoms with van der Waals surface area (Å²) in [6, 6.07) is 11.1. The van der Waals surface area contributed by atoms with Crippen LogP contribution in [-0.2, 0) is 6.61 Å². The second-order valence-corrected chi connectivity index (χ2v) is 3.57. The van der Waals surface area contributed by atoms with Crippen molar-refractivity contribution < 1.29 is 9.13 Å². The van der Waals surface area contributed by atoms with Gasteiger partial charge in [-0.25, -0.2) is 4.98 Å². The summed E-state index contributed by atoms with van der Waals surface area (Å²) in [6.07, 6.45) is 1.40. The molecule has 0 bridgehead atoms. The van der Waals surface area contributed by atoms with E-state index in [-0.39, 0.29) is 5.75 Å². The summed E-state index contributed by atoms with van der Waals surface area (Å²) < 4.78 is 18.4. The van der Waals surface area contributed by atoms with Gasteiger partial charge in [0.2, 0.25) is 0 Å². The lowest BCUT2D eigenvalue weighted by Crippen LogP contribution is -1.98. The standard InChI is InChI=1S/C13H12FNO/c1-10-4-6-11(7-5-10)9-16-12-3-2-8-15-13(12)14/h2-8H,9H2,1H3. The number of nitrogens with zero attached hydrogens (tertiary/aromatic N) is 1. The molecule has 2 aromatic rings. The van der Waals surface area contributed by atoms with E-state index in [4.69, 9.17) is 4.74 Å². The number of benzene rings is 1. The molecule has 0 fully saturated rings. The summed E-state index contributed by atoms with van der Waals surface area (Å²) in [7, 11) is 0. The van der Waals surface area contributed by atoms with Crippen LogP contribution < -0.4 is 4.74 Å². The number of hydrogen-bond donors (Lipinski definition) is 0. The highest BCUT2D eigenvalue weighted by atomic mass is 19.1. The third-order valence-corrected chi connectivity index (χ3v) is 2.24. The second-order valence-electron chi connectivity index (χ2n) is 3.57. The summed E-state index contributed by atoms with van der Waals surface area (Å²) in [6.45, 7) is 2.37. The van der Waals surface area contributed by atoms with Crippen LogP contribution >= 0.6 is 0 Å². The number of rotatable bonds is 3. The molecule has 2 nitrogen and oxygen atoms in total. The highest BCUT2D eigenvalue weighted by molar-refractivity contribution is 5.22. The fraction of sp³-hybridized carbons (Fsp3) is 0.154. The Kier molecular flexibility index (Phi) is 3.15. The zero-order valence-electron chi connectivity index (χ0n) is 8.98. The van der Waals surface area contributed by atoms with Crippen molar-refractivity contribution in [1.82, 2.24) is 4.98 Å². The average molecular weight is 217 g/mol. The van der Waals surface area contributed by atoms with Crippen LogP contribution in [0.4, 0.5) is 4.39 Å². The van der Waals surface area contributed by atoms with Crippen LogP contribution in [0.5, 0.6) is 5.75 Å². The Morgan fingerprint density at radius 1 is 1.19 bits per heavy atom. The minimum absolute atomic E-state index is 0.183. The van der Waals surface area contributed by atoms with Gasteiger partial charge in [-0.1, -0.05) is 29.8 Å². The molecule has 1 aromatic heterocycles. The number of hydrogen-bond acceptors (Lipinski definition) is 2. The van der Waals surface area contributed by atoms with Gasteiger partial charge in [0.15, 0.2) is 5.75 Å². The van der Waals surface area contributed by atoms with Gasteiger partial charge in [-0.05, 0) is 24.6 Å². The van der Waals surface area contributed by atoms with Gasteiger partial charge < -0.3 is 4.74 Å². The first kappa shape index (κ1) is 10.6. The topological polar surface area (TPSA) is 22.1 Å². The Morgan fingerprint density at radius 3 is 2.62 bits per heavy atom. The molecule has 0 aliphatic carbocycles. The zero-order chi connectivity index (χ0) is 11.4. The molecule has 0 spiro atoms. The first-order chi connectivity index (χ1) is 7.75. The van der Waals surface area contributed by atoms with Crippen molar-refractivity contribution >= 4 is 0 Å². The minimum atomic E-state index is -0.574. The van der Waals surface area contributed by atoms with E-state index >= 15 is 0 Å². The Bertz CT molecular complexity index is 468. The largest absolute Gasteiger partial charge is 0.484 e. The Morgan fingerprint density at radius 2 is 1.94 bits per heavy atom. The fourth-order valence-electron chi connectivity index (χ4n) is 1.32. The molecule has 1 heterocycles. The highest BCUT2D eigenvalue weighted by Gasteiger charge is 2.02. The van der Waals surface area contributed by atoms with Gasteiger partial charge in [-0.2, -0.15) is 4.39 Å². The quantitative estimate of drug-likeness (QED) is 0.737. The highest BCUT2D eigenvalue weighted by Crippen LogP contribution is 2.15. The third-order valence-electron chi connectivity index (χ3n) is 2.24. The maximum Gasteiger partial charge on any atom is 0.255 e. The fourth-order valence-corrected chi connectivity index (χ4v) is 1.32. The van der Waals surface area contributed by atoms with E-state index in [1.165, 1.54) is 11.8 Å². The first-order valence-electron chi connectivity index (χ1n) is 5.04. The number of ether oxygens (including phenoxy) is 1. The van der Waals surface area contributed by atoms with Crippen molar-refractivity contribution in [2.75, 3.05) is 0 Å². The molecule has 3 heteroatoms. The molecule has 16 heavy (non-hydrogen) atoms. The summed E-state index contributed by atoms with van der Waals surface area (Å²) in [4.78, 5) is 3.51. The lowest BCUT2D eigenvalue weighted by Gasteiger charge is -2.06. The van der Waals surface area contributed by atoms with E-state index in [0.717, 1.165) is 5.56 Å². The van der Waals surface area contributed by atoms with E-state index in [0.29, 0.717) is 6.61 Å². The zero-order valence-corrected chi connectivity index (χ0v) is 8.98. The summed E-state index contributed by atoms with van der Waals surface area (Å²) in [5.74, 6) is -0.391. The lowest BCUT2D eigenvalue weighted by atomic mass is 10.2. The number of aryl methyl sites for hydroxylation is 1. The van der Waals surface area contributed by atoms with Gasteiger partial charge in [0, 0.05) is 6.20 Å². The summed E-state index contributed by atoms with van der Waals surface area (Å²) in [5.41, 5.74) is 2.20. The van der Waals surface area contributed by atoms with Gasteiger partial charge in [-0.15, -0.1) is 0 Å². The molecule has 2 rings (SSSR count). The number of pyridine rings is 1. The van der Waals surface area contributed by atoms with Gasteiger partial charge in [0.05, 0.1) is 0 Å². The molecular weight excluding hydrogens is 205 g/mol. The van der Waals surface area contributed by atoms with Gasteiger partial charge in [-0.3, -0.25) is 0 Å². The van der Waals surface area contributed by atoms with Crippen molar-refractivity contribution in [2.24, 2.45) is 0 Å². The van der Waals surface area contributed by atoms with Crippen molar-refractivity contribution in [3.8, 4) is 5.75 Å². The van der Waals surface area contributed by atoms with Crippen LogP contribution in [0.2, 0.25) is 0 Å². The second kappa shape index (κ2) is 4.75. The number of halogens is 1. The molecule has 82 valence electrons. The maximum atomic E-state index is 13.1. The van der Waals surface area contributed by atoms with E-state index < -0.39 is 5.95 Å². The van der Waals surface area contributed by atoms with Crippen molar-refractivity contribution in [3.05, 3.63) is 59.7 Å². The summed E-state index contributed by atoms with van der Waals surface area (Å²) >= 11 is 0. The van der Waals surface area contributed by atoms with Crippen molar-refractivity contribution in [1.29, 1.82) is 0 Å². The van der Waals surface area contributed by atoms with Crippen LogP contribution in [0.3, 0.4) is 0 Å². The molecule has 0 radical (unpaired) electrons. The van der Waals surface area contributed by atoms with E-state index in [2.05, 4.69) is 4.98 Å². The Hall–Kier alpha value is -1.90. The molecule has 1 aromatic carbocycles. The Labute approximate surface area is 93.7 Å². The average Bonchev–Trinajstić information content (AvgIpc) is 2.30. The Balaban J connectivity index is 2.02. The van der Waals surface area contributed by atoms with Gasteiger partial charge >= 0.3 is 0 Å². The van der Waals surface area contributed by atoms with Gasteiger partial charge in [0.1, 0.15) is 6.61 Å². The molecule has 0 N–H and O–H groups in total. The lowest BCUT2D eigenvalue weighted by molar-refractivity contribution is 0.286. The number of aromatic nitrogens is 1. The van der Waals surface area contributed by atoms with Crippen molar-refractivity contribution in [3.63, 3.8) is 0 Å². The SMILES string of the molecule is Cc1ccc(COc2cccnc2F)cc1. The van der Waals surface area contributed by atoms with E-state index in [1.54, 1.807) is 12.1 Å². The minimum Gasteiger partial charge on any atom is -0.484 e. The molecule has 0 amide bonds. The molecule has 0 aliphatic heterocycles. The first-order valence-corrected chi connectivity index (χ1v) is 5.04.